The van der Waals surface area contributed by atoms with Gasteiger partial charge in [-0.25, -0.2) is 4.79 Å². The number of nitrogens with one attached hydrogen (secondary N) is 1. The van der Waals surface area contributed by atoms with Crippen LogP contribution in [0.3, 0.4) is 0 Å². The zero-order valence-corrected chi connectivity index (χ0v) is 24.2. The first-order valence-corrected chi connectivity index (χ1v) is 13.9. The van der Waals surface area contributed by atoms with Crippen molar-refractivity contribution in [1.29, 1.82) is 0 Å². The summed E-state index contributed by atoms with van der Waals surface area (Å²) in [7, 11) is 1.28. The van der Waals surface area contributed by atoms with Crippen molar-refractivity contribution in [1.82, 2.24) is 5.32 Å². The minimum Gasteiger partial charge on any atom is -0.468 e. The Kier molecular flexibility index (Phi) is 16.5. The first-order valence-electron chi connectivity index (χ1n) is 13.9. The summed E-state index contributed by atoms with van der Waals surface area (Å²) in [6.45, 7) is 9.59. The molecule has 1 rings (SSSR count). The molecule has 0 saturated heterocycles. The maximum atomic E-state index is 12.5. The molecule has 0 amide bonds. The van der Waals surface area contributed by atoms with E-state index in [1.54, 1.807) is 32.0 Å². The number of hydrogen-bond donors (Lipinski definition) is 1. The molecule has 0 bridgehead atoms. The lowest BCUT2D eigenvalue weighted by molar-refractivity contribution is -0.143. The van der Waals surface area contributed by atoms with E-state index in [1.807, 2.05) is 20.8 Å². The SMILES string of the molecule is CCCCC(=O)Oc1ccc(C[C@H](NCC(C)OC(=O)OC(C)CCC)C(=O)OC)cc1OC(=O)CCCC. The van der Waals surface area contributed by atoms with Gasteiger partial charge in [-0.05, 0) is 57.2 Å². The van der Waals surface area contributed by atoms with Crippen LogP contribution in [0.1, 0.15) is 91.5 Å². The van der Waals surface area contributed by atoms with Gasteiger partial charge in [0.1, 0.15) is 18.2 Å². The molecule has 0 aromatic heterocycles. The second kappa shape index (κ2) is 19.0. The fourth-order valence-corrected chi connectivity index (χ4v) is 3.62. The third-order valence-corrected chi connectivity index (χ3v) is 5.79. The van der Waals surface area contributed by atoms with E-state index in [1.165, 1.54) is 7.11 Å². The van der Waals surface area contributed by atoms with Crippen molar-refractivity contribution in [3.63, 3.8) is 0 Å². The Labute approximate surface area is 232 Å². The third kappa shape index (κ3) is 14.0. The molecular formula is C29H45NO9. The second-order valence-corrected chi connectivity index (χ2v) is 9.52. The first kappa shape index (κ1) is 33.9. The topological polar surface area (TPSA) is 126 Å². The zero-order valence-electron chi connectivity index (χ0n) is 24.2. The van der Waals surface area contributed by atoms with E-state index in [0.717, 1.165) is 25.7 Å². The van der Waals surface area contributed by atoms with Crippen LogP contribution in [0.4, 0.5) is 4.79 Å². The number of benzene rings is 1. The summed E-state index contributed by atoms with van der Waals surface area (Å²) < 4.78 is 26.4. The third-order valence-electron chi connectivity index (χ3n) is 5.79. The van der Waals surface area contributed by atoms with E-state index >= 15 is 0 Å². The number of ether oxygens (including phenoxy) is 5. The standard InChI is InChI=1S/C29H45NO9/c1-7-10-13-26(31)38-24-16-15-22(18-25(24)39-27(32)14-11-8-2)17-23(28(33)35-6)30-19-21(5)37-29(34)36-20(4)12-9-3/h15-16,18,20-21,23,30H,7-14,17,19H2,1-6H3/t20?,21?,23-/m0/s1. The van der Waals surface area contributed by atoms with Gasteiger partial charge in [0.2, 0.25) is 0 Å². The summed E-state index contributed by atoms with van der Waals surface area (Å²) in [4.78, 5) is 49.0. The Hall–Kier alpha value is -3.14. The number of carbonyl (C=O) groups excluding carboxylic acids is 4. The van der Waals surface area contributed by atoms with Crippen LogP contribution in [0.5, 0.6) is 11.5 Å². The molecule has 39 heavy (non-hydrogen) atoms. The fraction of sp³-hybridized carbons (Fsp3) is 0.655. The van der Waals surface area contributed by atoms with Crippen LogP contribution in [0.25, 0.3) is 0 Å². The molecular weight excluding hydrogens is 506 g/mol. The maximum absolute atomic E-state index is 12.5. The highest BCUT2D eigenvalue weighted by molar-refractivity contribution is 5.77. The fourth-order valence-electron chi connectivity index (χ4n) is 3.62. The number of rotatable bonds is 18. The van der Waals surface area contributed by atoms with Crippen molar-refractivity contribution in [3.05, 3.63) is 23.8 Å². The van der Waals surface area contributed by atoms with Crippen LogP contribution in [0, 0.1) is 0 Å². The van der Waals surface area contributed by atoms with Crippen molar-refractivity contribution in [2.24, 2.45) is 0 Å². The maximum Gasteiger partial charge on any atom is 0.508 e. The van der Waals surface area contributed by atoms with Gasteiger partial charge in [-0.1, -0.05) is 46.1 Å². The molecule has 0 saturated carbocycles. The Morgan fingerprint density at radius 3 is 1.97 bits per heavy atom. The van der Waals surface area contributed by atoms with E-state index in [0.29, 0.717) is 18.4 Å². The van der Waals surface area contributed by atoms with E-state index in [4.69, 9.17) is 23.7 Å². The van der Waals surface area contributed by atoms with Gasteiger partial charge in [-0.2, -0.15) is 0 Å². The van der Waals surface area contributed by atoms with Crippen molar-refractivity contribution in [3.8, 4) is 11.5 Å². The van der Waals surface area contributed by atoms with Crippen molar-refractivity contribution in [2.45, 2.75) is 111 Å². The predicted molar refractivity (Wildman–Crippen MR) is 146 cm³/mol. The Morgan fingerprint density at radius 1 is 0.821 bits per heavy atom. The number of unbranched alkanes of at least 4 members (excludes halogenated alkanes) is 2. The number of esters is 3. The molecule has 3 atom stereocenters. The monoisotopic (exact) mass is 551 g/mol. The molecule has 1 aromatic rings. The zero-order chi connectivity index (χ0) is 29.2. The second-order valence-electron chi connectivity index (χ2n) is 9.52. The molecule has 220 valence electrons. The molecule has 10 nitrogen and oxygen atoms in total. The predicted octanol–water partition coefficient (Wildman–Crippen LogP) is 5.28. The molecule has 1 N–H and O–H groups in total. The van der Waals surface area contributed by atoms with Crippen LogP contribution in [0.15, 0.2) is 18.2 Å². The first-order chi connectivity index (χ1) is 18.6. The molecule has 0 aliphatic carbocycles. The summed E-state index contributed by atoms with van der Waals surface area (Å²) in [6.07, 6.45) is 3.73. The average molecular weight is 552 g/mol. The lowest BCUT2D eigenvalue weighted by Crippen LogP contribution is -2.43. The smallest absolute Gasteiger partial charge is 0.468 e. The highest BCUT2D eigenvalue weighted by Crippen LogP contribution is 2.30. The lowest BCUT2D eigenvalue weighted by Gasteiger charge is -2.21. The lowest BCUT2D eigenvalue weighted by atomic mass is 10.0. The van der Waals surface area contributed by atoms with E-state index in [9.17, 15) is 19.2 Å². The molecule has 0 aliphatic rings. The molecule has 0 spiro atoms. The summed E-state index contributed by atoms with van der Waals surface area (Å²) >= 11 is 0. The average Bonchev–Trinajstić information content (AvgIpc) is 2.89. The van der Waals surface area contributed by atoms with Crippen LogP contribution in [0.2, 0.25) is 0 Å². The molecule has 0 heterocycles. The van der Waals surface area contributed by atoms with Gasteiger partial charge in [0.25, 0.3) is 0 Å². The normalized spacial score (nSPS) is 13.1. The van der Waals surface area contributed by atoms with Gasteiger partial charge in [0.15, 0.2) is 11.5 Å². The van der Waals surface area contributed by atoms with Crippen LogP contribution < -0.4 is 14.8 Å². The molecule has 0 radical (unpaired) electrons. The van der Waals surface area contributed by atoms with Crippen molar-refractivity contribution in [2.75, 3.05) is 13.7 Å². The van der Waals surface area contributed by atoms with Crippen molar-refractivity contribution >= 4 is 24.1 Å². The highest BCUT2D eigenvalue weighted by Gasteiger charge is 2.23. The summed E-state index contributed by atoms with van der Waals surface area (Å²) in [5, 5.41) is 3.06. The largest absolute Gasteiger partial charge is 0.508 e. The summed E-state index contributed by atoms with van der Waals surface area (Å²) in [5.41, 5.74) is 0.644. The molecule has 0 aliphatic heterocycles. The van der Waals surface area contributed by atoms with Gasteiger partial charge >= 0.3 is 24.1 Å². The van der Waals surface area contributed by atoms with Crippen molar-refractivity contribution < 1.29 is 42.9 Å². The van der Waals surface area contributed by atoms with E-state index in [-0.39, 0.29) is 43.4 Å². The van der Waals surface area contributed by atoms with Crippen LogP contribution >= 0.6 is 0 Å². The Morgan fingerprint density at radius 2 is 1.41 bits per heavy atom. The molecule has 2 unspecified atom stereocenters. The molecule has 10 heteroatoms. The van der Waals surface area contributed by atoms with E-state index < -0.39 is 36.2 Å². The molecule has 0 fully saturated rings. The van der Waals surface area contributed by atoms with Gasteiger partial charge in [-0.3, -0.25) is 14.4 Å². The summed E-state index contributed by atoms with van der Waals surface area (Å²) in [6, 6.07) is 4.04. The van der Waals surface area contributed by atoms with Gasteiger partial charge < -0.3 is 29.0 Å². The number of carbonyl (C=O) groups is 4. The minimum atomic E-state index is -0.780. The highest BCUT2D eigenvalue weighted by atomic mass is 16.7. The van der Waals surface area contributed by atoms with E-state index in [2.05, 4.69) is 5.32 Å². The minimum absolute atomic E-state index is 0.114. The quantitative estimate of drug-likeness (QED) is 0.190. The van der Waals surface area contributed by atoms with Gasteiger partial charge in [0, 0.05) is 19.4 Å². The summed E-state index contributed by atoms with van der Waals surface area (Å²) in [5.74, 6) is -1.11. The molecule has 1 aromatic carbocycles. The number of hydrogen-bond acceptors (Lipinski definition) is 10. The number of methoxy groups -OCH3 is 1. The van der Waals surface area contributed by atoms with Crippen LogP contribution in [-0.2, 0) is 35.0 Å². The Balaban J connectivity index is 2.96. The Bertz CT molecular complexity index is 918. The van der Waals surface area contributed by atoms with Gasteiger partial charge in [-0.15, -0.1) is 0 Å². The van der Waals surface area contributed by atoms with Gasteiger partial charge in [0.05, 0.1) is 7.11 Å². The van der Waals surface area contributed by atoms with Crippen LogP contribution in [-0.4, -0.2) is 56.0 Å².